The van der Waals surface area contributed by atoms with Crippen molar-refractivity contribution in [2.45, 2.75) is 12.8 Å². The van der Waals surface area contributed by atoms with Gasteiger partial charge in [-0.05, 0) is 24.1 Å². The Bertz CT molecular complexity index is 656. The molecule has 0 spiro atoms. The number of aryl methyl sites for hydroxylation is 1. The average molecular weight is 284 g/mol. The average Bonchev–Trinajstić information content (AvgIpc) is 2.48. The van der Waals surface area contributed by atoms with E-state index in [1.807, 2.05) is 13.0 Å². The van der Waals surface area contributed by atoms with Crippen molar-refractivity contribution in [1.82, 2.24) is 4.98 Å². The van der Waals surface area contributed by atoms with Gasteiger partial charge in [0.25, 0.3) is 0 Å². The monoisotopic (exact) mass is 284 g/mol. The lowest BCUT2D eigenvalue weighted by Gasteiger charge is -2.16. The highest BCUT2D eigenvalue weighted by atomic mass is 16.4. The van der Waals surface area contributed by atoms with E-state index in [0.717, 1.165) is 5.56 Å². The highest BCUT2D eigenvalue weighted by Gasteiger charge is 2.25. The van der Waals surface area contributed by atoms with E-state index in [4.69, 9.17) is 10.9 Å². The fourth-order valence-corrected chi connectivity index (χ4v) is 2.00. The predicted octanol–water partition coefficient (Wildman–Crippen LogP) is 1.86. The number of hydrogen-bond acceptors (Lipinski definition) is 4. The van der Waals surface area contributed by atoms with Crippen LogP contribution in [0.5, 0.6) is 0 Å². The Morgan fingerprint density at radius 2 is 2.05 bits per heavy atom. The number of nitrogens with one attached hydrogen (secondary N) is 1. The minimum atomic E-state index is -0.864. The van der Waals surface area contributed by atoms with Crippen LogP contribution in [0, 0.1) is 6.92 Å². The molecule has 108 valence electrons. The van der Waals surface area contributed by atoms with Crippen molar-refractivity contribution in [3.05, 3.63) is 59.9 Å². The Kier molecular flexibility index (Phi) is 4.50. The minimum absolute atomic E-state index is 0.167. The lowest BCUT2D eigenvalue weighted by molar-refractivity contribution is -0.116. The van der Waals surface area contributed by atoms with E-state index in [1.54, 1.807) is 42.7 Å². The summed E-state index contributed by atoms with van der Waals surface area (Å²) < 4.78 is 0. The zero-order chi connectivity index (χ0) is 15.2. The van der Waals surface area contributed by atoms with Gasteiger partial charge in [0.15, 0.2) is 5.84 Å². The Morgan fingerprint density at radius 1 is 1.33 bits per heavy atom. The maximum absolute atomic E-state index is 12.4. The lowest BCUT2D eigenvalue weighted by Crippen LogP contribution is -2.32. The van der Waals surface area contributed by atoms with Crippen LogP contribution in [0.2, 0.25) is 0 Å². The van der Waals surface area contributed by atoms with Crippen molar-refractivity contribution in [3.63, 3.8) is 0 Å². The predicted molar refractivity (Wildman–Crippen MR) is 80.2 cm³/mol. The van der Waals surface area contributed by atoms with Gasteiger partial charge in [0.2, 0.25) is 5.91 Å². The number of amidine groups is 1. The topological polar surface area (TPSA) is 101 Å². The maximum atomic E-state index is 12.4. The first-order chi connectivity index (χ1) is 10.1. The molecule has 0 radical (unpaired) electrons. The number of aromatic nitrogens is 1. The van der Waals surface area contributed by atoms with Gasteiger partial charge in [0, 0.05) is 6.20 Å². The quantitative estimate of drug-likeness (QED) is 0.345. The summed E-state index contributed by atoms with van der Waals surface area (Å²) in [5.74, 6) is -1.42. The molecule has 0 saturated heterocycles. The molecule has 0 saturated carbocycles. The van der Waals surface area contributed by atoms with Gasteiger partial charge in [0.05, 0.1) is 11.9 Å². The molecular formula is C15H16N4O2. The van der Waals surface area contributed by atoms with Gasteiger partial charge < -0.3 is 16.3 Å². The molecule has 0 aliphatic carbocycles. The third-order valence-corrected chi connectivity index (χ3v) is 2.95. The minimum Gasteiger partial charge on any atom is -0.409 e. The molecule has 2 aromatic rings. The molecule has 0 aliphatic heterocycles. The number of rotatable bonds is 4. The molecule has 0 fully saturated rings. The largest absolute Gasteiger partial charge is 0.409 e. The first kappa shape index (κ1) is 14.5. The molecule has 0 bridgehead atoms. The van der Waals surface area contributed by atoms with E-state index in [0.29, 0.717) is 11.3 Å². The van der Waals surface area contributed by atoms with E-state index in [2.05, 4.69) is 15.5 Å². The van der Waals surface area contributed by atoms with Gasteiger partial charge in [-0.1, -0.05) is 35.5 Å². The summed E-state index contributed by atoms with van der Waals surface area (Å²) >= 11 is 0. The molecule has 21 heavy (non-hydrogen) atoms. The van der Waals surface area contributed by atoms with E-state index in [-0.39, 0.29) is 11.7 Å². The number of pyridine rings is 1. The maximum Gasteiger partial charge on any atom is 0.239 e. The zero-order valence-electron chi connectivity index (χ0n) is 11.5. The third kappa shape index (κ3) is 3.56. The van der Waals surface area contributed by atoms with Crippen molar-refractivity contribution >= 4 is 17.4 Å². The Morgan fingerprint density at radius 3 is 2.67 bits per heavy atom. The molecular weight excluding hydrogens is 268 g/mol. The summed E-state index contributed by atoms with van der Waals surface area (Å²) in [4.78, 5) is 16.4. The molecule has 6 heteroatoms. The third-order valence-electron chi connectivity index (χ3n) is 2.95. The second-order valence-electron chi connectivity index (χ2n) is 4.61. The zero-order valence-corrected chi connectivity index (χ0v) is 11.5. The summed E-state index contributed by atoms with van der Waals surface area (Å²) in [7, 11) is 0. The van der Waals surface area contributed by atoms with Crippen molar-refractivity contribution in [2.75, 3.05) is 5.32 Å². The van der Waals surface area contributed by atoms with Crippen LogP contribution < -0.4 is 11.1 Å². The first-order valence-electron chi connectivity index (χ1n) is 6.36. The molecule has 4 N–H and O–H groups in total. The van der Waals surface area contributed by atoms with Crippen molar-refractivity contribution < 1.29 is 10.0 Å². The fourth-order valence-electron chi connectivity index (χ4n) is 2.00. The van der Waals surface area contributed by atoms with Crippen LogP contribution in [0.1, 0.15) is 17.0 Å². The number of carbonyl (C=O) groups excluding carboxylic acids is 1. The summed E-state index contributed by atoms with van der Waals surface area (Å²) in [5.41, 5.74) is 7.79. The van der Waals surface area contributed by atoms with E-state index >= 15 is 0 Å². The molecule has 1 aromatic carbocycles. The molecule has 6 nitrogen and oxygen atoms in total. The Hall–Kier alpha value is -2.89. The number of oxime groups is 1. The number of nitrogens with two attached hydrogens (primary N) is 1. The molecule has 1 heterocycles. The number of anilines is 1. The van der Waals surface area contributed by atoms with Crippen molar-refractivity contribution in [3.8, 4) is 0 Å². The number of benzene rings is 1. The Labute approximate surface area is 122 Å². The van der Waals surface area contributed by atoms with E-state index in [9.17, 15) is 4.79 Å². The van der Waals surface area contributed by atoms with Crippen LogP contribution in [-0.4, -0.2) is 21.9 Å². The van der Waals surface area contributed by atoms with E-state index in [1.165, 1.54) is 0 Å². The lowest BCUT2D eigenvalue weighted by atomic mass is 9.97. The number of amides is 1. The van der Waals surface area contributed by atoms with Crippen LogP contribution in [0.3, 0.4) is 0 Å². The molecule has 0 aliphatic rings. The molecule has 1 atom stereocenters. The number of nitrogens with zero attached hydrogens (tertiary/aromatic N) is 2. The smallest absolute Gasteiger partial charge is 0.239 e. The molecule has 1 amide bonds. The molecule has 2 rings (SSSR count). The Balaban J connectivity index is 2.27. The van der Waals surface area contributed by atoms with Crippen molar-refractivity contribution in [1.29, 1.82) is 0 Å². The second kappa shape index (κ2) is 6.51. The van der Waals surface area contributed by atoms with Gasteiger partial charge in [-0.2, -0.15) is 0 Å². The summed E-state index contributed by atoms with van der Waals surface area (Å²) in [6.07, 6.45) is 3.23. The summed E-state index contributed by atoms with van der Waals surface area (Å²) in [6, 6.07) is 10.7. The van der Waals surface area contributed by atoms with Crippen molar-refractivity contribution in [2.24, 2.45) is 10.9 Å². The fraction of sp³-hybridized carbons (Fsp3) is 0.133. The normalized spacial score (nSPS) is 12.7. The standard InChI is InChI=1S/C15H16N4O2/c1-10-7-12(9-17-8-10)18-15(20)13(14(16)19-21)11-5-3-2-4-6-11/h2-9,13,21H,1H3,(H2,16,19)(H,18,20). The van der Waals surface area contributed by atoms with Crippen LogP contribution in [-0.2, 0) is 4.79 Å². The molecule has 1 aromatic heterocycles. The van der Waals surface area contributed by atoms with Gasteiger partial charge in [-0.3, -0.25) is 9.78 Å². The number of hydrogen-bond donors (Lipinski definition) is 3. The SMILES string of the molecule is Cc1cncc(NC(=O)C(/C(N)=N/O)c2ccccc2)c1. The van der Waals surface area contributed by atoms with Gasteiger partial charge in [-0.25, -0.2) is 0 Å². The first-order valence-corrected chi connectivity index (χ1v) is 6.36. The highest BCUT2D eigenvalue weighted by molar-refractivity contribution is 6.12. The van der Waals surface area contributed by atoms with Crippen LogP contribution in [0.4, 0.5) is 5.69 Å². The molecule has 1 unspecified atom stereocenters. The summed E-state index contributed by atoms with van der Waals surface area (Å²) in [6.45, 7) is 1.88. The van der Waals surface area contributed by atoms with Crippen LogP contribution in [0.25, 0.3) is 0 Å². The van der Waals surface area contributed by atoms with Gasteiger partial charge in [-0.15, -0.1) is 0 Å². The van der Waals surface area contributed by atoms with Crippen LogP contribution in [0.15, 0.2) is 53.9 Å². The van der Waals surface area contributed by atoms with E-state index < -0.39 is 5.92 Å². The van der Waals surface area contributed by atoms with Gasteiger partial charge >= 0.3 is 0 Å². The highest BCUT2D eigenvalue weighted by Crippen LogP contribution is 2.19. The summed E-state index contributed by atoms with van der Waals surface area (Å²) in [5, 5.41) is 14.6. The second-order valence-corrected chi connectivity index (χ2v) is 4.61. The number of carbonyl (C=O) groups is 1. The van der Waals surface area contributed by atoms with Gasteiger partial charge in [0.1, 0.15) is 5.92 Å². The van der Waals surface area contributed by atoms with Crippen LogP contribution >= 0.6 is 0 Å².